The molecular formula is C5H5F2NO. The fourth-order valence-electron chi connectivity index (χ4n) is 0.598. The Bertz CT molecular complexity index is 158. The zero-order valence-electron chi connectivity index (χ0n) is 4.60. The van der Waals surface area contributed by atoms with Gasteiger partial charge >= 0.3 is 0 Å². The number of alkyl halides is 2. The Morgan fingerprint density at radius 1 is 1.56 bits per heavy atom. The predicted octanol–water partition coefficient (Wildman–Crippen LogP) is 1.12. The van der Waals surface area contributed by atoms with Crippen LogP contribution in [-0.2, 0) is 4.79 Å². The summed E-state index contributed by atoms with van der Waals surface area (Å²) in [5, 5.41) is 0. The quantitative estimate of drug-likeness (QED) is 0.410. The van der Waals surface area contributed by atoms with E-state index >= 15 is 0 Å². The van der Waals surface area contributed by atoms with Crippen LogP contribution in [0.25, 0.3) is 0 Å². The lowest BCUT2D eigenvalue weighted by Gasteiger charge is -2.02. The van der Waals surface area contributed by atoms with Gasteiger partial charge in [0.05, 0.1) is 0 Å². The maximum atomic E-state index is 11.8. The minimum atomic E-state index is -2.50. The predicted molar refractivity (Wildman–Crippen MR) is 26.1 cm³/mol. The van der Waals surface area contributed by atoms with Crippen LogP contribution in [0, 0.1) is 0 Å². The topological polar surface area (TPSA) is 29.4 Å². The number of aliphatic imine (C=N–C) groups is 1. The average Bonchev–Trinajstić information content (AvgIpc) is 2.49. The van der Waals surface area contributed by atoms with Gasteiger partial charge in [-0.25, -0.2) is 13.6 Å². The highest BCUT2D eigenvalue weighted by molar-refractivity contribution is 5.36. The average molecular weight is 133 g/mol. The maximum absolute atomic E-state index is 11.8. The highest BCUT2D eigenvalue weighted by Crippen LogP contribution is 2.44. The molecular weight excluding hydrogens is 128 g/mol. The van der Waals surface area contributed by atoms with Crippen molar-refractivity contribution in [2.45, 2.75) is 24.8 Å². The minimum Gasteiger partial charge on any atom is -0.211 e. The van der Waals surface area contributed by atoms with E-state index in [1.165, 1.54) is 0 Å². The molecule has 0 unspecified atom stereocenters. The van der Waals surface area contributed by atoms with Crippen molar-refractivity contribution >= 4 is 6.08 Å². The van der Waals surface area contributed by atoms with E-state index in [0.717, 1.165) is 6.08 Å². The van der Waals surface area contributed by atoms with E-state index in [0.29, 0.717) is 12.8 Å². The van der Waals surface area contributed by atoms with Crippen molar-refractivity contribution in [3.05, 3.63) is 0 Å². The maximum Gasteiger partial charge on any atom is 0.264 e. The van der Waals surface area contributed by atoms with Gasteiger partial charge in [0.15, 0.2) is 0 Å². The number of hydrogen-bond donors (Lipinski definition) is 0. The minimum absolute atomic E-state index is 0.319. The first-order chi connectivity index (χ1) is 4.21. The summed E-state index contributed by atoms with van der Waals surface area (Å²) in [7, 11) is 0. The first-order valence-electron chi connectivity index (χ1n) is 2.58. The highest BCUT2D eigenvalue weighted by atomic mass is 19.3. The molecule has 1 fully saturated rings. The van der Waals surface area contributed by atoms with Crippen LogP contribution >= 0.6 is 0 Å². The third-order valence-corrected chi connectivity index (χ3v) is 1.44. The normalized spacial score (nSPS) is 21.2. The highest BCUT2D eigenvalue weighted by Gasteiger charge is 2.51. The monoisotopic (exact) mass is 133 g/mol. The van der Waals surface area contributed by atoms with Gasteiger partial charge in [0.2, 0.25) is 6.08 Å². The molecule has 0 saturated heterocycles. The molecule has 0 atom stereocenters. The van der Waals surface area contributed by atoms with Crippen LogP contribution in [0.4, 0.5) is 8.78 Å². The third-order valence-electron chi connectivity index (χ3n) is 1.44. The molecule has 0 bridgehead atoms. The van der Waals surface area contributed by atoms with Crippen LogP contribution < -0.4 is 0 Å². The van der Waals surface area contributed by atoms with Crippen molar-refractivity contribution in [2.75, 3.05) is 0 Å². The van der Waals surface area contributed by atoms with Gasteiger partial charge < -0.3 is 0 Å². The lowest BCUT2D eigenvalue weighted by Crippen LogP contribution is -2.15. The molecule has 4 heteroatoms. The zero-order valence-corrected chi connectivity index (χ0v) is 4.60. The SMILES string of the molecule is O=C=NC1(C(F)F)CC1. The van der Waals surface area contributed by atoms with Crippen molar-refractivity contribution in [1.82, 2.24) is 0 Å². The van der Waals surface area contributed by atoms with Crippen LogP contribution in [0.5, 0.6) is 0 Å². The second kappa shape index (κ2) is 1.88. The zero-order chi connectivity index (χ0) is 6.91. The van der Waals surface area contributed by atoms with Crippen LogP contribution in [-0.4, -0.2) is 18.0 Å². The summed E-state index contributed by atoms with van der Waals surface area (Å²) in [6.07, 6.45) is -0.715. The van der Waals surface area contributed by atoms with Gasteiger partial charge in [-0.1, -0.05) is 0 Å². The van der Waals surface area contributed by atoms with Crippen LogP contribution in [0.15, 0.2) is 4.99 Å². The first kappa shape index (κ1) is 6.36. The molecule has 0 N–H and O–H groups in total. The molecule has 0 spiro atoms. The first-order valence-corrected chi connectivity index (χ1v) is 2.58. The summed E-state index contributed by atoms with van der Waals surface area (Å²) in [6, 6.07) is 0. The summed E-state index contributed by atoms with van der Waals surface area (Å²) in [6.45, 7) is 0. The van der Waals surface area contributed by atoms with Crippen molar-refractivity contribution in [1.29, 1.82) is 0 Å². The van der Waals surface area contributed by atoms with Gasteiger partial charge in [-0.15, -0.1) is 0 Å². The Kier molecular flexibility index (Phi) is 1.33. The van der Waals surface area contributed by atoms with Crippen molar-refractivity contribution in [3.63, 3.8) is 0 Å². The Hall–Kier alpha value is -0.760. The Labute approximate surface area is 50.6 Å². The molecule has 0 aromatic carbocycles. The summed E-state index contributed by atoms with van der Waals surface area (Å²) in [4.78, 5) is 12.6. The van der Waals surface area contributed by atoms with Gasteiger partial charge in [-0.2, -0.15) is 4.99 Å². The van der Waals surface area contributed by atoms with Crippen LogP contribution in [0.2, 0.25) is 0 Å². The fraction of sp³-hybridized carbons (Fsp3) is 0.800. The third kappa shape index (κ3) is 0.980. The fourth-order valence-corrected chi connectivity index (χ4v) is 0.598. The molecule has 0 amide bonds. The smallest absolute Gasteiger partial charge is 0.211 e. The molecule has 0 aromatic rings. The van der Waals surface area contributed by atoms with Gasteiger partial charge in [0.25, 0.3) is 6.43 Å². The lowest BCUT2D eigenvalue weighted by molar-refractivity contribution is 0.106. The molecule has 1 aliphatic rings. The summed E-state index contributed by atoms with van der Waals surface area (Å²) in [5.74, 6) is 0. The number of hydrogen-bond acceptors (Lipinski definition) is 2. The Morgan fingerprint density at radius 3 is 2.22 bits per heavy atom. The molecule has 0 aliphatic heterocycles. The molecule has 50 valence electrons. The molecule has 1 rings (SSSR count). The van der Waals surface area contributed by atoms with Crippen molar-refractivity contribution in [2.24, 2.45) is 4.99 Å². The summed E-state index contributed by atoms with van der Waals surface area (Å²) in [5.41, 5.74) is -1.33. The van der Waals surface area contributed by atoms with E-state index in [1.807, 2.05) is 0 Å². The standard InChI is InChI=1S/C5H5F2NO/c6-4(7)5(1-2-5)8-3-9/h4H,1-2H2. The summed E-state index contributed by atoms with van der Waals surface area (Å²) >= 11 is 0. The molecule has 0 aromatic heterocycles. The Balaban J connectivity index is 2.63. The number of carbonyl (C=O) groups excluding carboxylic acids is 1. The van der Waals surface area contributed by atoms with E-state index < -0.39 is 12.0 Å². The van der Waals surface area contributed by atoms with Gasteiger partial charge in [0.1, 0.15) is 5.54 Å². The van der Waals surface area contributed by atoms with Crippen LogP contribution in [0.3, 0.4) is 0 Å². The van der Waals surface area contributed by atoms with E-state index in [4.69, 9.17) is 0 Å². The molecule has 0 radical (unpaired) electrons. The molecule has 2 nitrogen and oxygen atoms in total. The molecule has 0 heterocycles. The number of rotatable bonds is 2. The lowest BCUT2D eigenvalue weighted by atomic mass is 10.3. The number of nitrogens with zero attached hydrogens (tertiary/aromatic N) is 1. The van der Waals surface area contributed by atoms with E-state index in [-0.39, 0.29) is 0 Å². The van der Waals surface area contributed by atoms with Gasteiger partial charge in [0, 0.05) is 0 Å². The molecule has 1 saturated carbocycles. The van der Waals surface area contributed by atoms with E-state index in [9.17, 15) is 13.6 Å². The van der Waals surface area contributed by atoms with Crippen LogP contribution in [0.1, 0.15) is 12.8 Å². The van der Waals surface area contributed by atoms with Gasteiger partial charge in [-0.05, 0) is 12.8 Å². The number of isocyanates is 1. The largest absolute Gasteiger partial charge is 0.264 e. The summed E-state index contributed by atoms with van der Waals surface area (Å²) < 4.78 is 23.6. The van der Waals surface area contributed by atoms with Gasteiger partial charge in [-0.3, -0.25) is 0 Å². The molecule has 1 aliphatic carbocycles. The molecule has 9 heavy (non-hydrogen) atoms. The van der Waals surface area contributed by atoms with Crippen molar-refractivity contribution in [3.8, 4) is 0 Å². The second-order valence-electron chi connectivity index (χ2n) is 2.11. The second-order valence-corrected chi connectivity index (χ2v) is 2.11. The Morgan fingerprint density at radius 2 is 2.11 bits per heavy atom. The van der Waals surface area contributed by atoms with E-state index in [1.54, 1.807) is 0 Å². The van der Waals surface area contributed by atoms with Crippen molar-refractivity contribution < 1.29 is 13.6 Å². The van der Waals surface area contributed by atoms with E-state index in [2.05, 4.69) is 4.99 Å². The number of halogens is 2.